The number of amides is 1. The normalized spacial score (nSPS) is 16.8. The molecule has 1 aromatic heterocycles. The van der Waals surface area contributed by atoms with Crippen molar-refractivity contribution in [3.63, 3.8) is 0 Å². The molecule has 3 rings (SSSR count). The van der Waals surface area contributed by atoms with Crippen LogP contribution in [0.4, 0.5) is 5.69 Å². The number of fused-ring (bicyclic) bond motifs is 1. The Morgan fingerprint density at radius 2 is 2.09 bits per heavy atom. The van der Waals surface area contributed by atoms with Crippen LogP contribution in [0.3, 0.4) is 0 Å². The third-order valence-corrected chi connectivity index (χ3v) is 4.17. The van der Waals surface area contributed by atoms with Crippen LogP contribution >= 0.6 is 0 Å². The fourth-order valence-electron chi connectivity index (χ4n) is 2.92. The number of nitrogens with zero attached hydrogens (tertiary/aromatic N) is 3. The minimum atomic E-state index is -0.104. The van der Waals surface area contributed by atoms with Gasteiger partial charge in [0.2, 0.25) is 0 Å². The third-order valence-electron chi connectivity index (χ3n) is 4.17. The summed E-state index contributed by atoms with van der Waals surface area (Å²) >= 11 is 0. The molecule has 0 N–H and O–H groups in total. The van der Waals surface area contributed by atoms with E-state index in [1.165, 1.54) is 5.56 Å². The molecule has 110 valence electrons. The van der Waals surface area contributed by atoms with Gasteiger partial charge in [-0.25, -0.2) is 4.98 Å². The molecule has 4 nitrogen and oxygen atoms in total. The number of pyridine rings is 1. The van der Waals surface area contributed by atoms with Gasteiger partial charge in [-0.2, -0.15) is 5.26 Å². The average molecular weight is 291 g/mol. The van der Waals surface area contributed by atoms with E-state index in [1.54, 1.807) is 19.1 Å². The summed E-state index contributed by atoms with van der Waals surface area (Å²) in [4.78, 5) is 19.0. The van der Waals surface area contributed by atoms with Crippen molar-refractivity contribution in [1.82, 2.24) is 4.98 Å². The first-order valence-electron chi connectivity index (χ1n) is 7.41. The second-order valence-electron chi connectivity index (χ2n) is 5.63. The highest BCUT2D eigenvalue weighted by Gasteiger charge is 2.29. The SMILES string of the molecule is Cc1nc(C(=O)N2c3ccccc3CCC2C)ccc1C#N. The van der Waals surface area contributed by atoms with Gasteiger partial charge in [-0.05, 0) is 50.5 Å². The van der Waals surface area contributed by atoms with Crippen LogP contribution in [0.1, 0.15) is 40.7 Å². The Hall–Kier alpha value is -2.67. The van der Waals surface area contributed by atoms with Crippen molar-refractivity contribution in [3.8, 4) is 6.07 Å². The Kier molecular flexibility index (Phi) is 3.64. The molecule has 1 unspecified atom stereocenters. The zero-order valence-corrected chi connectivity index (χ0v) is 12.7. The summed E-state index contributed by atoms with van der Waals surface area (Å²) in [6.07, 6.45) is 1.93. The molecule has 0 aliphatic carbocycles. The summed E-state index contributed by atoms with van der Waals surface area (Å²) in [6, 6.07) is 13.5. The van der Waals surface area contributed by atoms with Crippen molar-refractivity contribution in [1.29, 1.82) is 5.26 Å². The van der Waals surface area contributed by atoms with Crippen LogP contribution in [-0.2, 0) is 6.42 Å². The van der Waals surface area contributed by atoms with Gasteiger partial charge in [0, 0.05) is 11.7 Å². The summed E-state index contributed by atoms with van der Waals surface area (Å²) in [5.41, 5.74) is 3.64. The fraction of sp³-hybridized carbons (Fsp3) is 0.278. The Balaban J connectivity index is 2.02. The molecular weight excluding hydrogens is 274 g/mol. The molecule has 0 saturated heterocycles. The predicted octanol–water partition coefficient (Wildman–Crippen LogP) is 3.24. The van der Waals surface area contributed by atoms with Crippen molar-refractivity contribution >= 4 is 11.6 Å². The Bertz CT molecular complexity index is 776. The van der Waals surface area contributed by atoms with Crippen LogP contribution in [0.25, 0.3) is 0 Å². The van der Waals surface area contributed by atoms with Crippen LogP contribution < -0.4 is 4.90 Å². The van der Waals surface area contributed by atoms with E-state index in [4.69, 9.17) is 5.26 Å². The maximum absolute atomic E-state index is 12.9. The summed E-state index contributed by atoms with van der Waals surface area (Å²) in [5.74, 6) is -0.104. The van der Waals surface area contributed by atoms with Crippen LogP contribution in [-0.4, -0.2) is 16.9 Å². The molecule has 0 fully saturated rings. The number of carbonyl (C=O) groups is 1. The van der Waals surface area contributed by atoms with Gasteiger partial charge in [-0.3, -0.25) is 4.79 Å². The second-order valence-corrected chi connectivity index (χ2v) is 5.63. The number of nitriles is 1. The molecule has 1 aromatic carbocycles. The molecule has 4 heteroatoms. The van der Waals surface area contributed by atoms with E-state index in [0.717, 1.165) is 18.5 Å². The lowest BCUT2D eigenvalue weighted by atomic mass is 9.96. The molecule has 0 bridgehead atoms. The lowest BCUT2D eigenvalue weighted by Crippen LogP contribution is -2.42. The van der Waals surface area contributed by atoms with Gasteiger partial charge in [0.15, 0.2) is 0 Å². The van der Waals surface area contributed by atoms with Crippen LogP contribution in [0, 0.1) is 18.3 Å². The van der Waals surface area contributed by atoms with Gasteiger partial charge in [0.05, 0.1) is 11.3 Å². The molecule has 2 heterocycles. The maximum atomic E-state index is 12.9. The van der Waals surface area contributed by atoms with Crippen molar-refractivity contribution in [3.05, 3.63) is 58.9 Å². The number of carbonyl (C=O) groups excluding carboxylic acids is 1. The third kappa shape index (κ3) is 2.35. The van der Waals surface area contributed by atoms with E-state index in [-0.39, 0.29) is 11.9 Å². The molecule has 0 saturated carbocycles. The number of aromatic nitrogens is 1. The van der Waals surface area contributed by atoms with Gasteiger partial charge >= 0.3 is 0 Å². The van der Waals surface area contributed by atoms with Crippen molar-refractivity contribution in [2.24, 2.45) is 0 Å². The molecular formula is C18H17N3O. The van der Waals surface area contributed by atoms with Crippen LogP contribution in [0.15, 0.2) is 36.4 Å². The van der Waals surface area contributed by atoms with E-state index in [9.17, 15) is 4.79 Å². The fourth-order valence-corrected chi connectivity index (χ4v) is 2.92. The minimum Gasteiger partial charge on any atom is -0.304 e. The molecule has 0 radical (unpaired) electrons. The van der Waals surface area contributed by atoms with E-state index in [1.807, 2.05) is 23.1 Å². The zero-order chi connectivity index (χ0) is 15.7. The Morgan fingerprint density at radius 3 is 2.82 bits per heavy atom. The van der Waals surface area contributed by atoms with E-state index in [0.29, 0.717) is 17.0 Å². The van der Waals surface area contributed by atoms with Gasteiger partial charge in [0.1, 0.15) is 11.8 Å². The highest BCUT2D eigenvalue weighted by atomic mass is 16.2. The number of anilines is 1. The summed E-state index contributed by atoms with van der Waals surface area (Å²) in [6.45, 7) is 3.81. The number of hydrogen-bond acceptors (Lipinski definition) is 3. The number of rotatable bonds is 1. The van der Waals surface area contributed by atoms with Crippen molar-refractivity contribution < 1.29 is 4.79 Å². The van der Waals surface area contributed by atoms with E-state index in [2.05, 4.69) is 24.0 Å². The molecule has 22 heavy (non-hydrogen) atoms. The molecule has 1 aliphatic heterocycles. The molecule has 1 atom stereocenters. The van der Waals surface area contributed by atoms with E-state index < -0.39 is 0 Å². The Morgan fingerprint density at radius 1 is 1.32 bits per heavy atom. The predicted molar refractivity (Wildman–Crippen MR) is 84.7 cm³/mol. The van der Waals surface area contributed by atoms with Gasteiger partial charge in [0.25, 0.3) is 5.91 Å². The standard InChI is InChI=1S/C18H17N3O/c1-12-7-8-14-5-3-4-6-17(14)21(12)18(22)16-10-9-15(11-19)13(2)20-16/h3-6,9-10,12H,7-8H2,1-2H3. The van der Waals surface area contributed by atoms with Crippen molar-refractivity contribution in [2.45, 2.75) is 32.7 Å². The highest BCUT2D eigenvalue weighted by Crippen LogP contribution is 2.31. The lowest BCUT2D eigenvalue weighted by Gasteiger charge is -2.35. The average Bonchev–Trinajstić information content (AvgIpc) is 2.54. The quantitative estimate of drug-likeness (QED) is 0.810. The molecule has 1 amide bonds. The van der Waals surface area contributed by atoms with Crippen LogP contribution in [0.5, 0.6) is 0 Å². The maximum Gasteiger partial charge on any atom is 0.277 e. The topological polar surface area (TPSA) is 57.0 Å². The van der Waals surface area contributed by atoms with Crippen LogP contribution in [0.2, 0.25) is 0 Å². The summed E-state index contributed by atoms with van der Waals surface area (Å²) < 4.78 is 0. The first-order chi connectivity index (χ1) is 10.6. The monoisotopic (exact) mass is 291 g/mol. The largest absolute Gasteiger partial charge is 0.304 e. The molecule has 0 spiro atoms. The number of para-hydroxylation sites is 1. The first kappa shape index (κ1) is 14.3. The summed E-state index contributed by atoms with van der Waals surface area (Å²) in [5, 5.41) is 8.98. The highest BCUT2D eigenvalue weighted by molar-refractivity contribution is 6.06. The van der Waals surface area contributed by atoms with E-state index >= 15 is 0 Å². The second kappa shape index (κ2) is 5.61. The number of benzene rings is 1. The summed E-state index contributed by atoms with van der Waals surface area (Å²) in [7, 11) is 0. The van der Waals surface area contributed by atoms with Crippen molar-refractivity contribution in [2.75, 3.05) is 4.90 Å². The Labute approximate surface area is 130 Å². The lowest BCUT2D eigenvalue weighted by molar-refractivity contribution is 0.0970. The number of hydrogen-bond donors (Lipinski definition) is 0. The minimum absolute atomic E-state index is 0.104. The molecule has 1 aliphatic rings. The number of aryl methyl sites for hydroxylation is 2. The zero-order valence-electron chi connectivity index (χ0n) is 12.7. The smallest absolute Gasteiger partial charge is 0.277 e. The molecule has 2 aromatic rings. The van der Waals surface area contributed by atoms with Gasteiger partial charge in [-0.15, -0.1) is 0 Å². The van der Waals surface area contributed by atoms with Gasteiger partial charge < -0.3 is 4.90 Å². The van der Waals surface area contributed by atoms with Gasteiger partial charge in [-0.1, -0.05) is 18.2 Å². The first-order valence-corrected chi connectivity index (χ1v) is 7.41.